The number of hydrazone groups is 1. The smallest absolute Gasteiger partial charge is 0.282 e. The molecule has 1 N–H and O–H groups in total. The Labute approximate surface area is 181 Å². The van der Waals surface area contributed by atoms with Crippen LogP contribution in [0.4, 0.5) is 10.8 Å². The molecule has 2 unspecified atom stereocenters. The van der Waals surface area contributed by atoms with Gasteiger partial charge in [-0.1, -0.05) is 23.5 Å². The standard InChI is InChI=1S/C19H15ClN4O4S2/c1-11-10-19(24(22-11)12-6-8-13(9-7-12)30(26,27)28)16(20)17(25)23(19)18-21-14-4-2-3-5-15(14)29-18/h2-9,16H,10H2,1H3,(H,26,27,28). The van der Waals surface area contributed by atoms with Crippen LogP contribution < -0.4 is 9.91 Å². The van der Waals surface area contributed by atoms with E-state index in [0.717, 1.165) is 15.9 Å². The van der Waals surface area contributed by atoms with E-state index in [4.69, 9.17) is 11.6 Å². The Kier molecular flexibility index (Phi) is 4.20. The average molecular weight is 463 g/mol. The summed E-state index contributed by atoms with van der Waals surface area (Å²) in [4.78, 5) is 18.8. The molecule has 1 amide bonds. The van der Waals surface area contributed by atoms with Crippen molar-refractivity contribution in [2.45, 2.75) is 29.3 Å². The molecule has 11 heteroatoms. The van der Waals surface area contributed by atoms with E-state index < -0.39 is 21.2 Å². The highest BCUT2D eigenvalue weighted by Gasteiger charge is 2.67. The number of nitrogens with zero attached hydrogens (tertiary/aromatic N) is 4. The zero-order chi connectivity index (χ0) is 21.3. The first-order valence-electron chi connectivity index (χ1n) is 8.97. The monoisotopic (exact) mass is 462 g/mol. The second kappa shape index (κ2) is 6.48. The zero-order valence-corrected chi connectivity index (χ0v) is 17.9. The van der Waals surface area contributed by atoms with Gasteiger partial charge in [-0.2, -0.15) is 13.5 Å². The summed E-state index contributed by atoms with van der Waals surface area (Å²) in [5.74, 6) is -0.264. The number of amides is 1. The van der Waals surface area contributed by atoms with Crippen LogP contribution in [-0.2, 0) is 14.9 Å². The average Bonchev–Trinajstić information content (AvgIpc) is 3.29. The molecule has 5 rings (SSSR count). The molecular weight excluding hydrogens is 448 g/mol. The minimum absolute atomic E-state index is 0.227. The highest BCUT2D eigenvalue weighted by molar-refractivity contribution is 7.85. The summed E-state index contributed by atoms with van der Waals surface area (Å²) in [5.41, 5.74) is 1.13. The first-order chi connectivity index (χ1) is 14.2. The number of para-hydroxylation sites is 1. The maximum Gasteiger partial charge on any atom is 0.294 e. The first kappa shape index (κ1) is 19.4. The number of hydrogen-bond acceptors (Lipinski definition) is 7. The van der Waals surface area contributed by atoms with E-state index in [1.807, 2.05) is 31.2 Å². The normalized spacial score (nSPS) is 23.9. The summed E-state index contributed by atoms with van der Waals surface area (Å²) in [7, 11) is -4.32. The number of thiazole rings is 1. The third-order valence-corrected chi connectivity index (χ3v) is 7.66. The van der Waals surface area contributed by atoms with E-state index in [2.05, 4.69) is 10.1 Å². The van der Waals surface area contributed by atoms with Gasteiger partial charge in [-0.05, 0) is 43.3 Å². The lowest BCUT2D eigenvalue weighted by Crippen LogP contribution is -2.78. The molecule has 0 bridgehead atoms. The summed E-state index contributed by atoms with van der Waals surface area (Å²) in [6.07, 6.45) is 0.420. The number of benzene rings is 2. The van der Waals surface area contributed by atoms with Gasteiger partial charge in [-0.25, -0.2) is 9.99 Å². The number of halogens is 1. The lowest BCUT2D eigenvalue weighted by molar-refractivity contribution is -0.126. The number of carbonyl (C=O) groups excluding carboxylic acids is 1. The fraction of sp³-hybridized carbons (Fsp3) is 0.211. The SMILES string of the molecule is CC1=NN(c2ccc(S(=O)(=O)O)cc2)C2(C1)C(Cl)C(=O)N2c1nc2ccccc2s1. The molecule has 2 aliphatic heterocycles. The van der Waals surface area contributed by atoms with Gasteiger partial charge in [0.15, 0.2) is 16.2 Å². The maximum absolute atomic E-state index is 12.8. The summed E-state index contributed by atoms with van der Waals surface area (Å²) in [6.45, 7) is 1.84. The third-order valence-electron chi connectivity index (χ3n) is 5.24. The number of fused-ring (bicyclic) bond motifs is 1. The lowest BCUT2D eigenvalue weighted by Gasteiger charge is -2.55. The van der Waals surface area contributed by atoms with Crippen LogP contribution in [-0.4, -0.2) is 40.6 Å². The van der Waals surface area contributed by atoms with Crippen LogP contribution in [0.1, 0.15) is 13.3 Å². The topological polar surface area (TPSA) is 103 Å². The van der Waals surface area contributed by atoms with Crippen molar-refractivity contribution in [3.05, 3.63) is 48.5 Å². The molecule has 1 spiro atoms. The number of rotatable bonds is 3. The quantitative estimate of drug-likeness (QED) is 0.363. The predicted octanol–water partition coefficient (Wildman–Crippen LogP) is 3.48. The van der Waals surface area contributed by atoms with Crippen molar-refractivity contribution >= 4 is 65.7 Å². The van der Waals surface area contributed by atoms with Gasteiger partial charge < -0.3 is 0 Å². The molecule has 2 aromatic carbocycles. The van der Waals surface area contributed by atoms with Crippen molar-refractivity contribution in [1.29, 1.82) is 0 Å². The van der Waals surface area contributed by atoms with E-state index in [-0.39, 0.29) is 10.8 Å². The Hall–Kier alpha value is -2.53. The van der Waals surface area contributed by atoms with Gasteiger partial charge in [-0.3, -0.25) is 14.2 Å². The Bertz CT molecular complexity index is 1290. The van der Waals surface area contributed by atoms with Gasteiger partial charge in [0.2, 0.25) is 0 Å². The van der Waals surface area contributed by atoms with E-state index in [1.54, 1.807) is 9.91 Å². The number of carbonyl (C=O) groups is 1. The molecule has 0 radical (unpaired) electrons. The van der Waals surface area contributed by atoms with E-state index >= 15 is 0 Å². The third kappa shape index (κ3) is 2.68. The summed E-state index contributed by atoms with van der Waals surface area (Å²) < 4.78 is 32.9. The van der Waals surface area contributed by atoms with Gasteiger partial charge in [0.05, 0.1) is 20.8 Å². The molecule has 154 valence electrons. The lowest BCUT2D eigenvalue weighted by atomic mass is 9.88. The van der Waals surface area contributed by atoms with Gasteiger partial charge in [0.25, 0.3) is 16.0 Å². The molecule has 3 heterocycles. The Morgan fingerprint density at radius 2 is 1.90 bits per heavy atom. The van der Waals surface area contributed by atoms with Crippen LogP contribution in [0.5, 0.6) is 0 Å². The van der Waals surface area contributed by atoms with Crippen molar-refractivity contribution in [3.63, 3.8) is 0 Å². The molecule has 1 aromatic heterocycles. The van der Waals surface area contributed by atoms with Gasteiger partial charge in [0, 0.05) is 12.1 Å². The molecular formula is C19H15ClN4O4S2. The second-order valence-electron chi connectivity index (χ2n) is 7.17. The summed E-state index contributed by atoms with van der Waals surface area (Å²) in [6, 6.07) is 13.2. The number of hydrogen-bond donors (Lipinski definition) is 1. The second-order valence-corrected chi connectivity index (χ2v) is 10.0. The van der Waals surface area contributed by atoms with Crippen molar-refractivity contribution < 1.29 is 17.8 Å². The molecule has 2 aliphatic rings. The number of anilines is 2. The van der Waals surface area contributed by atoms with Crippen LogP contribution in [0.3, 0.4) is 0 Å². The van der Waals surface area contributed by atoms with Crippen LogP contribution in [0.25, 0.3) is 10.2 Å². The van der Waals surface area contributed by atoms with Crippen LogP contribution >= 0.6 is 22.9 Å². The van der Waals surface area contributed by atoms with Gasteiger partial charge in [0.1, 0.15) is 0 Å². The van der Waals surface area contributed by atoms with E-state index in [0.29, 0.717) is 17.2 Å². The zero-order valence-electron chi connectivity index (χ0n) is 15.6. The van der Waals surface area contributed by atoms with Crippen molar-refractivity contribution in [1.82, 2.24) is 4.98 Å². The maximum atomic E-state index is 12.8. The predicted molar refractivity (Wildman–Crippen MR) is 116 cm³/mol. The van der Waals surface area contributed by atoms with Crippen molar-refractivity contribution in [3.8, 4) is 0 Å². The minimum atomic E-state index is -4.32. The molecule has 1 saturated heterocycles. The van der Waals surface area contributed by atoms with Gasteiger partial charge in [-0.15, -0.1) is 11.6 Å². The molecule has 2 atom stereocenters. The number of aromatic nitrogens is 1. The Balaban J connectivity index is 1.60. The minimum Gasteiger partial charge on any atom is -0.282 e. The first-order valence-corrected chi connectivity index (χ1v) is 11.7. The summed E-state index contributed by atoms with van der Waals surface area (Å²) >= 11 is 7.95. The number of alkyl halides is 1. The molecule has 8 nitrogen and oxygen atoms in total. The fourth-order valence-electron chi connectivity index (χ4n) is 3.92. The largest absolute Gasteiger partial charge is 0.294 e. The van der Waals surface area contributed by atoms with Gasteiger partial charge >= 0.3 is 0 Å². The Morgan fingerprint density at radius 1 is 1.20 bits per heavy atom. The molecule has 1 fully saturated rings. The fourth-order valence-corrected chi connectivity index (χ4v) is 5.81. The van der Waals surface area contributed by atoms with Crippen molar-refractivity contribution in [2.24, 2.45) is 5.10 Å². The van der Waals surface area contributed by atoms with Crippen LogP contribution in [0, 0.1) is 0 Å². The van der Waals surface area contributed by atoms with Crippen LogP contribution in [0.15, 0.2) is 58.5 Å². The molecule has 30 heavy (non-hydrogen) atoms. The molecule has 3 aromatic rings. The van der Waals surface area contributed by atoms with E-state index in [1.165, 1.54) is 35.6 Å². The number of β-lactam (4-membered cyclic amide) rings is 1. The highest BCUT2D eigenvalue weighted by atomic mass is 35.5. The highest BCUT2D eigenvalue weighted by Crippen LogP contribution is 2.51. The molecule has 0 aliphatic carbocycles. The Morgan fingerprint density at radius 3 is 2.57 bits per heavy atom. The van der Waals surface area contributed by atoms with Crippen molar-refractivity contribution in [2.75, 3.05) is 9.91 Å². The van der Waals surface area contributed by atoms with E-state index in [9.17, 15) is 17.8 Å². The van der Waals surface area contributed by atoms with Crippen LogP contribution in [0.2, 0.25) is 0 Å². The molecule has 0 saturated carbocycles. The summed E-state index contributed by atoms with van der Waals surface area (Å²) in [5, 5.41) is 5.89.